The Balaban J connectivity index is 1.38. The van der Waals surface area contributed by atoms with Crippen LogP contribution in [0.15, 0.2) is 48.5 Å². The van der Waals surface area contributed by atoms with Crippen molar-refractivity contribution < 1.29 is 50.8 Å². The fourth-order valence-electron chi connectivity index (χ4n) is 5.75. The van der Waals surface area contributed by atoms with Crippen molar-refractivity contribution in [3.8, 4) is 5.75 Å². The molecule has 1 amide bonds. The van der Waals surface area contributed by atoms with Gasteiger partial charge in [0, 0.05) is 31.6 Å². The first kappa shape index (κ1) is 30.7. The van der Waals surface area contributed by atoms with Gasteiger partial charge in [-0.25, -0.2) is 4.39 Å². The molecular formula is C30H35F4NO7. The maximum Gasteiger partial charge on any atom is 0.573 e. The molecule has 0 aromatic heterocycles. The Hall–Kier alpha value is -2.77. The second kappa shape index (κ2) is 12.5. The Morgan fingerprint density at radius 3 is 2.62 bits per heavy atom. The number of amides is 1. The van der Waals surface area contributed by atoms with Gasteiger partial charge in [-0.2, -0.15) is 0 Å². The van der Waals surface area contributed by atoms with Crippen LogP contribution < -0.4 is 10.1 Å². The molecule has 0 radical (unpaired) electrons. The van der Waals surface area contributed by atoms with Gasteiger partial charge in [0.25, 0.3) is 5.91 Å². The van der Waals surface area contributed by atoms with Gasteiger partial charge in [-0.05, 0) is 50.5 Å². The zero-order chi connectivity index (χ0) is 30.0. The molecule has 230 valence electrons. The van der Waals surface area contributed by atoms with Gasteiger partial charge in [-0.3, -0.25) is 4.79 Å². The first-order valence-corrected chi connectivity index (χ1v) is 14.0. The number of carbonyl (C=O) groups excluding carboxylic acids is 1. The van der Waals surface area contributed by atoms with E-state index in [-0.39, 0.29) is 50.0 Å². The van der Waals surface area contributed by atoms with E-state index in [1.165, 1.54) is 24.3 Å². The Morgan fingerprint density at radius 1 is 1.07 bits per heavy atom. The third kappa shape index (κ3) is 7.59. The molecule has 3 fully saturated rings. The normalized spacial score (nSPS) is 28.8. The summed E-state index contributed by atoms with van der Waals surface area (Å²) in [6.07, 6.45) is -4.97. The van der Waals surface area contributed by atoms with Crippen LogP contribution in [0.2, 0.25) is 0 Å². The van der Waals surface area contributed by atoms with E-state index >= 15 is 0 Å². The fraction of sp³-hybridized carbons (Fsp3) is 0.567. The predicted octanol–water partition coefficient (Wildman–Crippen LogP) is 5.17. The molecule has 2 aliphatic heterocycles. The molecule has 2 saturated heterocycles. The van der Waals surface area contributed by atoms with Crippen LogP contribution in [0, 0.1) is 5.82 Å². The SMILES string of the molecule is CC1(C)O[C@@H]2C[C@@](OCc3ccccc3F)(C(=O)NCC3CCCO3)CC(OCc3cccc(OC(F)(F)F)c3)[C@@H]2O1. The molecule has 1 saturated carbocycles. The molecule has 5 rings (SSSR count). The topological polar surface area (TPSA) is 84.5 Å². The van der Waals surface area contributed by atoms with Crippen molar-refractivity contribution in [2.45, 2.75) is 94.9 Å². The van der Waals surface area contributed by atoms with Crippen LogP contribution in [0.4, 0.5) is 17.6 Å². The van der Waals surface area contributed by atoms with Gasteiger partial charge >= 0.3 is 6.36 Å². The van der Waals surface area contributed by atoms with Crippen molar-refractivity contribution in [2.24, 2.45) is 0 Å². The number of fused-ring (bicyclic) bond motifs is 1. The lowest BCUT2D eigenvalue weighted by molar-refractivity contribution is -0.274. The second-order valence-corrected chi connectivity index (χ2v) is 11.3. The highest BCUT2D eigenvalue weighted by Gasteiger charge is 2.58. The Bertz CT molecular complexity index is 1240. The van der Waals surface area contributed by atoms with E-state index in [2.05, 4.69) is 10.1 Å². The minimum absolute atomic E-state index is 0.0398. The van der Waals surface area contributed by atoms with Gasteiger partial charge in [-0.1, -0.05) is 30.3 Å². The van der Waals surface area contributed by atoms with Gasteiger partial charge in [-0.15, -0.1) is 13.2 Å². The highest BCUT2D eigenvalue weighted by Crippen LogP contribution is 2.44. The number of ether oxygens (including phenoxy) is 6. The van der Waals surface area contributed by atoms with E-state index in [1.807, 2.05) is 0 Å². The molecule has 2 aromatic carbocycles. The minimum Gasteiger partial charge on any atom is -0.406 e. The number of carbonyl (C=O) groups is 1. The van der Waals surface area contributed by atoms with Crippen LogP contribution in [0.25, 0.3) is 0 Å². The van der Waals surface area contributed by atoms with Crippen LogP contribution in [-0.4, -0.2) is 61.2 Å². The lowest BCUT2D eigenvalue weighted by Gasteiger charge is -2.43. The van der Waals surface area contributed by atoms with E-state index in [0.717, 1.165) is 12.8 Å². The van der Waals surface area contributed by atoms with Gasteiger partial charge in [0.1, 0.15) is 17.7 Å². The molecule has 5 atom stereocenters. The molecule has 8 nitrogen and oxygen atoms in total. The summed E-state index contributed by atoms with van der Waals surface area (Å²) in [4.78, 5) is 13.9. The average molecular weight is 598 g/mol. The van der Waals surface area contributed by atoms with Crippen LogP contribution in [-0.2, 0) is 41.7 Å². The Morgan fingerprint density at radius 2 is 1.88 bits per heavy atom. The smallest absolute Gasteiger partial charge is 0.406 e. The van der Waals surface area contributed by atoms with Crippen molar-refractivity contribution in [3.05, 3.63) is 65.5 Å². The van der Waals surface area contributed by atoms with Crippen molar-refractivity contribution in [2.75, 3.05) is 13.2 Å². The van der Waals surface area contributed by atoms with Gasteiger partial charge in [0.2, 0.25) is 0 Å². The zero-order valence-corrected chi connectivity index (χ0v) is 23.5. The third-order valence-corrected chi connectivity index (χ3v) is 7.64. The zero-order valence-electron chi connectivity index (χ0n) is 23.5. The van der Waals surface area contributed by atoms with Gasteiger partial charge in [0.05, 0.1) is 31.5 Å². The molecule has 3 aliphatic rings. The Labute approximate surface area is 241 Å². The summed E-state index contributed by atoms with van der Waals surface area (Å²) < 4.78 is 87.3. The first-order valence-electron chi connectivity index (χ1n) is 14.0. The summed E-state index contributed by atoms with van der Waals surface area (Å²) in [5.41, 5.74) is -0.760. The van der Waals surface area contributed by atoms with Crippen LogP contribution in [0.1, 0.15) is 50.7 Å². The summed E-state index contributed by atoms with van der Waals surface area (Å²) in [5, 5.41) is 2.95. The molecule has 2 aromatic rings. The monoisotopic (exact) mass is 597 g/mol. The van der Waals surface area contributed by atoms with Crippen LogP contribution >= 0.6 is 0 Å². The molecular weight excluding hydrogens is 562 g/mol. The molecule has 0 spiro atoms. The maximum absolute atomic E-state index is 14.5. The molecule has 2 unspecified atom stereocenters. The summed E-state index contributed by atoms with van der Waals surface area (Å²) >= 11 is 0. The molecule has 1 N–H and O–H groups in total. The van der Waals surface area contributed by atoms with Crippen molar-refractivity contribution >= 4 is 5.91 Å². The van der Waals surface area contributed by atoms with E-state index < -0.39 is 47.8 Å². The summed E-state index contributed by atoms with van der Waals surface area (Å²) in [5.74, 6) is -2.22. The quantitative estimate of drug-likeness (QED) is 0.378. The lowest BCUT2D eigenvalue weighted by atomic mass is 9.78. The van der Waals surface area contributed by atoms with Gasteiger partial charge in [0.15, 0.2) is 11.4 Å². The number of halogens is 4. The molecule has 2 heterocycles. The van der Waals surface area contributed by atoms with Crippen molar-refractivity contribution in [1.29, 1.82) is 0 Å². The van der Waals surface area contributed by atoms with E-state index in [0.29, 0.717) is 12.2 Å². The Kier molecular flexibility index (Phi) is 9.10. The number of nitrogens with one attached hydrogen (secondary N) is 1. The highest BCUT2D eigenvalue weighted by molar-refractivity contribution is 5.85. The van der Waals surface area contributed by atoms with E-state index in [9.17, 15) is 22.4 Å². The first-order chi connectivity index (χ1) is 19.9. The number of hydrogen-bond acceptors (Lipinski definition) is 7. The van der Waals surface area contributed by atoms with Crippen molar-refractivity contribution in [1.82, 2.24) is 5.32 Å². The van der Waals surface area contributed by atoms with Crippen LogP contribution in [0.5, 0.6) is 5.75 Å². The number of hydrogen-bond donors (Lipinski definition) is 1. The van der Waals surface area contributed by atoms with Crippen molar-refractivity contribution in [3.63, 3.8) is 0 Å². The molecule has 12 heteroatoms. The summed E-state index contributed by atoms with van der Waals surface area (Å²) in [6, 6.07) is 11.6. The largest absolute Gasteiger partial charge is 0.573 e. The van der Waals surface area contributed by atoms with Crippen LogP contribution in [0.3, 0.4) is 0 Å². The molecule has 0 bridgehead atoms. The second-order valence-electron chi connectivity index (χ2n) is 11.3. The number of rotatable bonds is 10. The standard InChI is InChI=1S/C30H35F4NO7/c1-28(2)41-25-15-29(27(36)35-16-22-10-6-12-37-22,39-18-20-8-3-4-11-23(20)31)14-24(26(25)42-28)38-17-19-7-5-9-21(13-19)40-30(32,33)34/h3-5,7-9,11,13,22,24-26H,6,10,12,14-18H2,1-2H3,(H,35,36)/t22?,24?,25-,26+,29-/m1/s1. The number of alkyl halides is 3. The molecule has 1 aliphatic carbocycles. The highest BCUT2D eigenvalue weighted by atomic mass is 19.4. The third-order valence-electron chi connectivity index (χ3n) is 7.64. The molecule has 42 heavy (non-hydrogen) atoms. The predicted molar refractivity (Wildman–Crippen MR) is 141 cm³/mol. The fourth-order valence-corrected chi connectivity index (χ4v) is 5.75. The van der Waals surface area contributed by atoms with E-state index in [1.54, 1.807) is 38.1 Å². The summed E-state index contributed by atoms with van der Waals surface area (Å²) in [6.45, 7) is 4.15. The average Bonchev–Trinajstić information content (AvgIpc) is 3.55. The maximum atomic E-state index is 14.5. The lowest BCUT2D eigenvalue weighted by Crippen LogP contribution is -2.60. The van der Waals surface area contributed by atoms with E-state index in [4.69, 9.17) is 23.7 Å². The van der Waals surface area contributed by atoms with Gasteiger partial charge < -0.3 is 33.7 Å². The minimum atomic E-state index is -4.83. The number of benzene rings is 2. The summed E-state index contributed by atoms with van der Waals surface area (Å²) in [7, 11) is 0.